The van der Waals surface area contributed by atoms with Crippen molar-refractivity contribution in [2.24, 2.45) is 0 Å². The highest BCUT2D eigenvalue weighted by Gasteiger charge is 2.27. The molecular formula is C15H15N3O. The third-order valence-corrected chi connectivity index (χ3v) is 3.80. The summed E-state index contributed by atoms with van der Waals surface area (Å²) >= 11 is 0. The van der Waals surface area contributed by atoms with Gasteiger partial charge in [-0.3, -0.25) is 0 Å². The van der Waals surface area contributed by atoms with E-state index in [0.717, 1.165) is 24.4 Å². The Morgan fingerprint density at radius 2 is 2.21 bits per heavy atom. The molecule has 2 aromatic heterocycles. The van der Waals surface area contributed by atoms with E-state index in [0.29, 0.717) is 0 Å². The van der Waals surface area contributed by atoms with Crippen LogP contribution in [0.5, 0.6) is 0 Å². The number of hydrogen-bond donors (Lipinski definition) is 2. The summed E-state index contributed by atoms with van der Waals surface area (Å²) in [6.45, 7) is 2.89. The summed E-state index contributed by atoms with van der Waals surface area (Å²) in [4.78, 5) is 3.53. The third-order valence-electron chi connectivity index (χ3n) is 3.80. The fraction of sp³-hybridized carbons (Fsp3) is 0.267. The highest BCUT2D eigenvalue weighted by Crippen LogP contribution is 2.32. The largest absolute Gasteiger partial charge is 0.361 e. The van der Waals surface area contributed by atoms with Gasteiger partial charge in [-0.2, -0.15) is 0 Å². The molecule has 0 spiro atoms. The lowest BCUT2D eigenvalue weighted by Gasteiger charge is -2.22. The molecule has 96 valence electrons. The molecule has 1 atom stereocenters. The van der Waals surface area contributed by atoms with Gasteiger partial charge in [-0.05, 0) is 25.0 Å². The van der Waals surface area contributed by atoms with E-state index in [-0.39, 0.29) is 6.04 Å². The highest BCUT2D eigenvalue weighted by molar-refractivity contribution is 5.85. The van der Waals surface area contributed by atoms with E-state index in [9.17, 15) is 0 Å². The summed E-state index contributed by atoms with van der Waals surface area (Å²) in [6, 6.07) is 10.6. The molecule has 0 bridgehead atoms. The van der Waals surface area contributed by atoms with Crippen LogP contribution in [0.25, 0.3) is 10.9 Å². The average molecular weight is 253 g/mol. The number of benzene rings is 1. The van der Waals surface area contributed by atoms with Crippen LogP contribution in [0.3, 0.4) is 0 Å². The molecule has 2 N–H and O–H groups in total. The molecule has 1 aromatic carbocycles. The molecule has 19 heavy (non-hydrogen) atoms. The standard InChI is InChI=1S/C15H15N3O/c1-9-8-13(18-19-9)15-14-11(6-7-16-15)10-4-2-3-5-12(10)17-14/h2-5,8,15-17H,6-7H2,1H3. The minimum Gasteiger partial charge on any atom is -0.361 e. The van der Waals surface area contributed by atoms with E-state index in [1.54, 1.807) is 0 Å². The van der Waals surface area contributed by atoms with Gasteiger partial charge in [-0.25, -0.2) is 0 Å². The van der Waals surface area contributed by atoms with Gasteiger partial charge in [0.2, 0.25) is 0 Å². The monoisotopic (exact) mass is 253 g/mol. The maximum atomic E-state index is 5.20. The first-order valence-electron chi connectivity index (χ1n) is 6.59. The number of aromatic nitrogens is 2. The zero-order valence-electron chi connectivity index (χ0n) is 10.7. The Kier molecular flexibility index (Phi) is 2.26. The van der Waals surface area contributed by atoms with Crippen molar-refractivity contribution in [2.45, 2.75) is 19.4 Å². The van der Waals surface area contributed by atoms with E-state index in [1.165, 1.54) is 22.2 Å². The summed E-state index contributed by atoms with van der Waals surface area (Å²) in [5, 5.41) is 8.99. The van der Waals surface area contributed by atoms with Crippen LogP contribution in [-0.4, -0.2) is 16.7 Å². The Bertz CT molecular complexity index is 741. The Labute approximate surface area is 110 Å². The quantitative estimate of drug-likeness (QED) is 0.701. The minimum atomic E-state index is 0.105. The number of nitrogens with zero attached hydrogens (tertiary/aromatic N) is 1. The summed E-state index contributed by atoms with van der Waals surface area (Å²) in [5.41, 5.74) is 4.77. The fourth-order valence-corrected chi connectivity index (χ4v) is 2.95. The molecule has 0 saturated carbocycles. The van der Waals surface area contributed by atoms with Crippen LogP contribution in [0.1, 0.15) is 28.8 Å². The average Bonchev–Trinajstić information content (AvgIpc) is 3.02. The Hall–Kier alpha value is -2.07. The van der Waals surface area contributed by atoms with E-state index >= 15 is 0 Å². The second-order valence-corrected chi connectivity index (χ2v) is 5.06. The first-order chi connectivity index (χ1) is 9.33. The van der Waals surface area contributed by atoms with Gasteiger partial charge in [0.25, 0.3) is 0 Å². The van der Waals surface area contributed by atoms with Crippen molar-refractivity contribution in [3.63, 3.8) is 0 Å². The zero-order chi connectivity index (χ0) is 12.8. The van der Waals surface area contributed by atoms with E-state index < -0.39 is 0 Å². The minimum absolute atomic E-state index is 0.105. The number of nitrogens with one attached hydrogen (secondary N) is 2. The van der Waals surface area contributed by atoms with Crippen LogP contribution in [-0.2, 0) is 6.42 Å². The van der Waals surface area contributed by atoms with E-state index in [2.05, 4.69) is 39.7 Å². The summed E-state index contributed by atoms with van der Waals surface area (Å²) in [5.74, 6) is 0.847. The molecule has 0 radical (unpaired) electrons. The molecular weight excluding hydrogens is 238 g/mol. The molecule has 1 unspecified atom stereocenters. The molecule has 1 aliphatic rings. The van der Waals surface area contributed by atoms with Gasteiger partial charge in [-0.15, -0.1) is 0 Å². The highest BCUT2D eigenvalue weighted by atomic mass is 16.5. The van der Waals surface area contributed by atoms with Crippen LogP contribution >= 0.6 is 0 Å². The molecule has 4 nitrogen and oxygen atoms in total. The van der Waals surface area contributed by atoms with Gasteiger partial charge in [-0.1, -0.05) is 23.4 Å². The van der Waals surface area contributed by atoms with Gasteiger partial charge in [0.15, 0.2) is 0 Å². The molecule has 3 heterocycles. The molecule has 4 heteroatoms. The predicted octanol–water partition coefficient (Wildman–Crippen LogP) is 2.70. The molecule has 0 amide bonds. The smallest absolute Gasteiger partial charge is 0.134 e. The number of para-hydroxylation sites is 1. The van der Waals surface area contributed by atoms with Crippen molar-refractivity contribution in [3.8, 4) is 0 Å². The lowest BCUT2D eigenvalue weighted by atomic mass is 9.97. The molecule has 0 aliphatic carbocycles. The van der Waals surface area contributed by atoms with Gasteiger partial charge >= 0.3 is 0 Å². The van der Waals surface area contributed by atoms with Gasteiger partial charge in [0, 0.05) is 29.2 Å². The summed E-state index contributed by atoms with van der Waals surface area (Å²) in [6.07, 6.45) is 1.05. The number of fused-ring (bicyclic) bond motifs is 3. The van der Waals surface area contributed by atoms with Crippen molar-refractivity contribution >= 4 is 10.9 Å². The Morgan fingerprint density at radius 1 is 1.32 bits per heavy atom. The van der Waals surface area contributed by atoms with Gasteiger partial charge in [0.05, 0.1) is 6.04 Å². The Morgan fingerprint density at radius 3 is 3.05 bits per heavy atom. The second kappa shape index (κ2) is 3.96. The second-order valence-electron chi connectivity index (χ2n) is 5.06. The van der Waals surface area contributed by atoms with E-state index in [4.69, 9.17) is 4.52 Å². The van der Waals surface area contributed by atoms with Crippen LogP contribution in [0.15, 0.2) is 34.9 Å². The SMILES string of the molecule is Cc1cc(C2NCCc3c2[nH]c2ccccc32)no1. The first kappa shape index (κ1) is 10.8. The number of aryl methyl sites for hydroxylation is 1. The van der Waals surface area contributed by atoms with Crippen molar-refractivity contribution in [3.05, 3.63) is 53.0 Å². The third kappa shape index (κ3) is 1.60. The normalized spacial score (nSPS) is 18.7. The van der Waals surface area contributed by atoms with Crippen LogP contribution < -0.4 is 5.32 Å². The maximum Gasteiger partial charge on any atom is 0.134 e. The zero-order valence-corrected chi connectivity index (χ0v) is 10.7. The van der Waals surface area contributed by atoms with Crippen LogP contribution in [0.2, 0.25) is 0 Å². The van der Waals surface area contributed by atoms with Crippen molar-refractivity contribution < 1.29 is 4.52 Å². The lowest BCUT2D eigenvalue weighted by molar-refractivity contribution is 0.381. The predicted molar refractivity (Wildman–Crippen MR) is 73.1 cm³/mol. The fourth-order valence-electron chi connectivity index (χ4n) is 2.95. The number of aromatic amines is 1. The van der Waals surface area contributed by atoms with Crippen molar-refractivity contribution in [2.75, 3.05) is 6.54 Å². The number of hydrogen-bond acceptors (Lipinski definition) is 3. The summed E-state index contributed by atoms with van der Waals surface area (Å²) < 4.78 is 5.20. The molecule has 0 fully saturated rings. The van der Waals surface area contributed by atoms with Crippen molar-refractivity contribution in [1.82, 2.24) is 15.5 Å². The molecule has 3 aromatic rings. The molecule has 4 rings (SSSR count). The van der Waals surface area contributed by atoms with Gasteiger partial charge in [0.1, 0.15) is 11.5 Å². The van der Waals surface area contributed by atoms with E-state index in [1.807, 2.05) is 13.0 Å². The lowest BCUT2D eigenvalue weighted by Crippen LogP contribution is -2.30. The van der Waals surface area contributed by atoms with Crippen LogP contribution in [0.4, 0.5) is 0 Å². The molecule has 0 saturated heterocycles. The summed E-state index contributed by atoms with van der Waals surface area (Å²) in [7, 11) is 0. The Balaban J connectivity index is 1.90. The number of rotatable bonds is 1. The van der Waals surface area contributed by atoms with Crippen molar-refractivity contribution in [1.29, 1.82) is 0 Å². The maximum absolute atomic E-state index is 5.20. The number of H-pyrrole nitrogens is 1. The van der Waals surface area contributed by atoms with Gasteiger partial charge < -0.3 is 14.8 Å². The van der Waals surface area contributed by atoms with Crippen LogP contribution in [0, 0.1) is 6.92 Å². The topological polar surface area (TPSA) is 53.9 Å². The first-order valence-corrected chi connectivity index (χ1v) is 6.59. The molecule has 1 aliphatic heterocycles.